The summed E-state index contributed by atoms with van der Waals surface area (Å²) in [7, 11) is 1.62. The molecule has 0 saturated heterocycles. The van der Waals surface area contributed by atoms with Gasteiger partial charge in [0.1, 0.15) is 0 Å². The highest BCUT2D eigenvalue weighted by molar-refractivity contribution is 6.34. The minimum Gasteiger partial charge on any atom is -0.478 e. The molecule has 86 valence electrons. The number of hydrogen-bond donors (Lipinski definition) is 3. The number of carbonyl (C=O) groups excluding carboxylic acids is 1. The average molecular weight is 243 g/mol. The van der Waals surface area contributed by atoms with Gasteiger partial charge in [0, 0.05) is 0 Å². The van der Waals surface area contributed by atoms with Crippen LogP contribution in [0, 0.1) is 0 Å². The zero-order valence-corrected chi connectivity index (χ0v) is 9.34. The molecule has 0 aliphatic carbocycles. The van der Waals surface area contributed by atoms with E-state index in [-0.39, 0.29) is 28.7 Å². The Balaban J connectivity index is 3.01. The van der Waals surface area contributed by atoms with E-state index in [1.807, 2.05) is 0 Å². The lowest BCUT2D eigenvalue weighted by Crippen LogP contribution is -2.26. The Morgan fingerprint density at radius 3 is 2.69 bits per heavy atom. The third-order valence-electron chi connectivity index (χ3n) is 1.85. The number of nitrogens with one attached hydrogen (secondary N) is 2. The van der Waals surface area contributed by atoms with Crippen molar-refractivity contribution in [3.8, 4) is 0 Å². The fourth-order valence-electron chi connectivity index (χ4n) is 1.17. The van der Waals surface area contributed by atoms with Gasteiger partial charge < -0.3 is 15.7 Å². The third-order valence-corrected chi connectivity index (χ3v) is 2.16. The van der Waals surface area contributed by atoms with E-state index >= 15 is 0 Å². The van der Waals surface area contributed by atoms with Crippen molar-refractivity contribution in [1.82, 2.24) is 5.32 Å². The zero-order valence-electron chi connectivity index (χ0n) is 8.58. The average Bonchev–Trinajstić information content (AvgIpc) is 2.21. The van der Waals surface area contributed by atoms with E-state index in [2.05, 4.69) is 10.6 Å². The van der Waals surface area contributed by atoms with Crippen molar-refractivity contribution in [2.45, 2.75) is 0 Å². The van der Waals surface area contributed by atoms with Gasteiger partial charge in [-0.25, -0.2) is 4.79 Å². The van der Waals surface area contributed by atoms with E-state index < -0.39 is 5.97 Å². The number of carboxylic acids is 1. The highest BCUT2D eigenvalue weighted by atomic mass is 35.5. The van der Waals surface area contributed by atoms with Crippen LogP contribution in [0.5, 0.6) is 0 Å². The molecule has 0 bridgehead atoms. The molecule has 0 fully saturated rings. The maximum Gasteiger partial charge on any atom is 0.337 e. The maximum absolute atomic E-state index is 11.3. The van der Waals surface area contributed by atoms with Crippen molar-refractivity contribution in [2.75, 3.05) is 18.9 Å². The second kappa shape index (κ2) is 5.48. The van der Waals surface area contributed by atoms with Crippen LogP contribution in [0.3, 0.4) is 0 Å². The second-order valence-electron chi connectivity index (χ2n) is 3.05. The van der Waals surface area contributed by atoms with Crippen molar-refractivity contribution >= 4 is 29.2 Å². The maximum atomic E-state index is 11.3. The number of anilines is 1. The van der Waals surface area contributed by atoms with Crippen molar-refractivity contribution in [1.29, 1.82) is 0 Å². The van der Waals surface area contributed by atoms with Crippen LogP contribution in [0.15, 0.2) is 18.2 Å². The number of carboxylic acid groups (broad SMARTS) is 1. The summed E-state index contributed by atoms with van der Waals surface area (Å²) in [6.07, 6.45) is 0. The molecule has 0 radical (unpaired) electrons. The van der Waals surface area contributed by atoms with Crippen LogP contribution in [0.1, 0.15) is 10.4 Å². The fraction of sp³-hybridized carbons (Fsp3) is 0.200. The number of benzene rings is 1. The van der Waals surface area contributed by atoms with Gasteiger partial charge in [-0.05, 0) is 19.2 Å². The standard InChI is InChI=1S/C10H11ClN2O3/c1-12-5-8(14)13-9-6(10(15)16)3-2-4-7(9)11/h2-4,12H,5H2,1H3,(H,13,14)(H,15,16). The molecule has 1 rings (SSSR count). The van der Waals surface area contributed by atoms with Gasteiger partial charge in [-0.3, -0.25) is 4.79 Å². The minimum atomic E-state index is -1.14. The molecule has 1 aromatic carbocycles. The summed E-state index contributed by atoms with van der Waals surface area (Å²) in [4.78, 5) is 22.2. The number of hydrogen-bond acceptors (Lipinski definition) is 3. The first-order valence-electron chi connectivity index (χ1n) is 4.52. The molecule has 0 aliphatic heterocycles. The fourth-order valence-corrected chi connectivity index (χ4v) is 1.40. The van der Waals surface area contributed by atoms with Crippen molar-refractivity contribution in [3.05, 3.63) is 28.8 Å². The third kappa shape index (κ3) is 2.95. The predicted octanol–water partition coefficient (Wildman–Crippen LogP) is 1.20. The Morgan fingerprint density at radius 2 is 2.12 bits per heavy atom. The van der Waals surface area contributed by atoms with Gasteiger partial charge in [-0.2, -0.15) is 0 Å². The van der Waals surface area contributed by atoms with E-state index in [1.165, 1.54) is 18.2 Å². The molecule has 0 aromatic heterocycles. The van der Waals surface area contributed by atoms with E-state index in [1.54, 1.807) is 7.05 Å². The molecular formula is C10H11ClN2O3. The summed E-state index contributed by atoms with van der Waals surface area (Å²) in [5.41, 5.74) is 0.0915. The number of para-hydroxylation sites is 1. The van der Waals surface area contributed by atoms with Crippen LogP contribution in [0.4, 0.5) is 5.69 Å². The van der Waals surface area contributed by atoms with Crippen LogP contribution in [-0.2, 0) is 4.79 Å². The smallest absolute Gasteiger partial charge is 0.337 e. The molecule has 0 heterocycles. The topological polar surface area (TPSA) is 78.4 Å². The monoisotopic (exact) mass is 242 g/mol. The molecular weight excluding hydrogens is 232 g/mol. The Bertz CT molecular complexity index is 421. The highest BCUT2D eigenvalue weighted by Crippen LogP contribution is 2.25. The van der Waals surface area contributed by atoms with Gasteiger partial charge >= 0.3 is 5.97 Å². The first kappa shape index (κ1) is 12.5. The minimum absolute atomic E-state index is 0.0306. The van der Waals surface area contributed by atoms with E-state index in [0.29, 0.717) is 0 Å². The summed E-state index contributed by atoms with van der Waals surface area (Å²) in [5, 5.41) is 14.2. The summed E-state index contributed by atoms with van der Waals surface area (Å²) >= 11 is 5.82. The van der Waals surface area contributed by atoms with Crippen molar-refractivity contribution in [3.63, 3.8) is 0 Å². The normalized spacial score (nSPS) is 9.88. The van der Waals surface area contributed by atoms with Crippen molar-refractivity contribution in [2.24, 2.45) is 0 Å². The Kier molecular flexibility index (Phi) is 4.28. The second-order valence-corrected chi connectivity index (χ2v) is 3.45. The van der Waals surface area contributed by atoms with Gasteiger partial charge in [-0.1, -0.05) is 17.7 Å². The van der Waals surface area contributed by atoms with Crippen LogP contribution in [0.2, 0.25) is 5.02 Å². The van der Waals surface area contributed by atoms with Crippen molar-refractivity contribution < 1.29 is 14.7 Å². The molecule has 0 atom stereocenters. The largest absolute Gasteiger partial charge is 0.478 e. The summed E-state index contributed by atoms with van der Waals surface area (Å²) < 4.78 is 0. The Hall–Kier alpha value is -1.59. The predicted molar refractivity (Wildman–Crippen MR) is 61.0 cm³/mol. The number of aromatic carboxylic acids is 1. The van der Waals surface area contributed by atoms with E-state index in [4.69, 9.17) is 16.7 Å². The molecule has 5 nitrogen and oxygen atoms in total. The quantitative estimate of drug-likeness (QED) is 0.741. The molecule has 16 heavy (non-hydrogen) atoms. The van der Waals surface area contributed by atoms with Crippen LogP contribution in [-0.4, -0.2) is 30.6 Å². The van der Waals surface area contributed by atoms with Gasteiger partial charge in [0.25, 0.3) is 0 Å². The number of halogens is 1. The lowest BCUT2D eigenvalue weighted by Gasteiger charge is -2.09. The number of amides is 1. The number of carbonyl (C=O) groups is 2. The SMILES string of the molecule is CNCC(=O)Nc1c(Cl)cccc1C(=O)O. The molecule has 6 heteroatoms. The Morgan fingerprint density at radius 1 is 1.44 bits per heavy atom. The van der Waals surface area contributed by atoms with Crippen LogP contribution >= 0.6 is 11.6 Å². The van der Waals surface area contributed by atoms with Gasteiger partial charge in [0.15, 0.2) is 0 Å². The first-order valence-corrected chi connectivity index (χ1v) is 4.90. The lowest BCUT2D eigenvalue weighted by molar-refractivity contribution is -0.115. The van der Waals surface area contributed by atoms with Crippen LogP contribution in [0.25, 0.3) is 0 Å². The van der Waals surface area contributed by atoms with Gasteiger partial charge in [-0.15, -0.1) is 0 Å². The van der Waals surface area contributed by atoms with E-state index in [0.717, 1.165) is 0 Å². The van der Waals surface area contributed by atoms with Gasteiger partial charge in [0.05, 0.1) is 22.8 Å². The highest BCUT2D eigenvalue weighted by Gasteiger charge is 2.14. The summed E-state index contributed by atoms with van der Waals surface area (Å²) in [5.74, 6) is -1.49. The zero-order chi connectivity index (χ0) is 12.1. The number of rotatable bonds is 4. The lowest BCUT2D eigenvalue weighted by atomic mass is 10.2. The first-order chi connectivity index (χ1) is 7.56. The summed E-state index contributed by atoms with van der Waals surface area (Å²) in [6, 6.07) is 4.41. The molecule has 1 aromatic rings. The molecule has 0 saturated carbocycles. The van der Waals surface area contributed by atoms with Crippen LogP contribution < -0.4 is 10.6 Å². The molecule has 0 spiro atoms. The van der Waals surface area contributed by atoms with Gasteiger partial charge in [0.2, 0.25) is 5.91 Å². The molecule has 0 aliphatic rings. The van der Waals surface area contributed by atoms with E-state index in [9.17, 15) is 9.59 Å². The molecule has 3 N–H and O–H groups in total. The summed E-state index contributed by atoms with van der Waals surface area (Å²) in [6.45, 7) is 0.0876. The Labute approximate surface area is 97.4 Å². The molecule has 0 unspecified atom stereocenters. The number of likely N-dealkylation sites (N-methyl/N-ethyl adjacent to an activating group) is 1. The molecule has 1 amide bonds.